The summed E-state index contributed by atoms with van der Waals surface area (Å²) in [5.74, 6) is -1.69. The van der Waals surface area contributed by atoms with Crippen LogP contribution in [0.3, 0.4) is 0 Å². The first-order valence-corrected chi connectivity index (χ1v) is 6.59. The van der Waals surface area contributed by atoms with E-state index in [-0.39, 0.29) is 11.6 Å². The molecule has 1 aliphatic heterocycles. The van der Waals surface area contributed by atoms with Crippen LogP contribution in [0.15, 0.2) is 18.2 Å². The van der Waals surface area contributed by atoms with E-state index in [1.165, 1.54) is 0 Å². The molecule has 0 saturated carbocycles. The monoisotopic (exact) mass is 268 g/mol. The number of likely N-dealkylation sites (N-methyl/N-ethyl adjacent to an activating group) is 1. The van der Waals surface area contributed by atoms with E-state index in [2.05, 4.69) is 5.32 Å². The molecule has 1 saturated heterocycles. The fraction of sp³-hybridized carbons (Fsp3) is 0.500. The first-order valence-electron chi connectivity index (χ1n) is 6.59. The molecule has 1 fully saturated rings. The van der Waals surface area contributed by atoms with E-state index in [0.29, 0.717) is 13.1 Å². The normalized spacial score (nSPS) is 19.5. The van der Waals surface area contributed by atoms with Crippen LogP contribution in [0.1, 0.15) is 30.1 Å². The van der Waals surface area contributed by atoms with Crippen molar-refractivity contribution < 1.29 is 13.6 Å². The third-order valence-corrected chi connectivity index (χ3v) is 3.36. The molecular formula is C14H18F2N2O. The summed E-state index contributed by atoms with van der Waals surface area (Å²) in [7, 11) is 0. The van der Waals surface area contributed by atoms with Crippen LogP contribution in [0, 0.1) is 11.6 Å². The number of likely N-dealkylation sites (tertiary alicyclic amines) is 1. The van der Waals surface area contributed by atoms with Crippen molar-refractivity contribution in [3.05, 3.63) is 35.4 Å². The van der Waals surface area contributed by atoms with Gasteiger partial charge in [0.1, 0.15) is 11.6 Å². The Labute approximate surface area is 111 Å². The molecule has 1 heterocycles. The molecule has 1 aliphatic rings. The van der Waals surface area contributed by atoms with E-state index in [1.54, 1.807) is 4.90 Å². The van der Waals surface area contributed by atoms with Gasteiger partial charge in [0.15, 0.2) is 0 Å². The van der Waals surface area contributed by atoms with E-state index in [1.807, 2.05) is 6.92 Å². The lowest BCUT2D eigenvalue weighted by atomic mass is 10.0. The Bertz CT molecular complexity index is 463. The zero-order chi connectivity index (χ0) is 13.8. The minimum absolute atomic E-state index is 0.183. The third kappa shape index (κ3) is 3.29. The minimum atomic E-state index is -0.669. The number of benzene rings is 1. The zero-order valence-electron chi connectivity index (χ0n) is 11.0. The second-order valence-corrected chi connectivity index (χ2v) is 4.77. The predicted octanol–water partition coefficient (Wildman–Crippen LogP) is 2.18. The van der Waals surface area contributed by atoms with Gasteiger partial charge in [-0.2, -0.15) is 0 Å². The van der Waals surface area contributed by atoms with Crippen molar-refractivity contribution in [1.29, 1.82) is 0 Å². The van der Waals surface area contributed by atoms with Gasteiger partial charge in [0, 0.05) is 19.1 Å². The summed E-state index contributed by atoms with van der Waals surface area (Å²) in [5.41, 5.74) is -0.183. The van der Waals surface area contributed by atoms with Gasteiger partial charge in [0.25, 0.3) is 5.91 Å². The van der Waals surface area contributed by atoms with Gasteiger partial charge in [-0.1, -0.05) is 6.92 Å². The number of nitrogens with one attached hydrogen (secondary N) is 1. The Morgan fingerprint density at radius 2 is 2.26 bits per heavy atom. The highest BCUT2D eigenvalue weighted by Gasteiger charge is 2.25. The van der Waals surface area contributed by atoms with Crippen molar-refractivity contribution >= 4 is 5.91 Å². The lowest BCUT2D eigenvalue weighted by molar-refractivity contribution is 0.0690. The summed E-state index contributed by atoms with van der Waals surface area (Å²) in [5, 5.41) is 3.29. The molecule has 0 aliphatic carbocycles. The molecule has 0 bridgehead atoms. The summed E-state index contributed by atoms with van der Waals surface area (Å²) >= 11 is 0. The Balaban J connectivity index is 2.12. The maximum absolute atomic E-state index is 13.6. The molecule has 1 atom stereocenters. The van der Waals surface area contributed by atoms with Crippen molar-refractivity contribution in [2.24, 2.45) is 0 Å². The van der Waals surface area contributed by atoms with Crippen LogP contribution in [-0.2, 0) is 0 Å². The lowest BCUT2D eigenvalue weighted by Gasteiger charge is -2.33. The van der Waals surface area contributed by atoms with Gasteiger partial charge in [0.2, 0.25) is 0 Å². The second-order valence-electron chi connectivity index (χ2n) is 4.77. The molecule has 0 radical (unpaired) electrons. The topological polar surface area (TPSA) is 32.3 Å². The van der Waals surface area contributed by atoms with Gasteiger partial charge in [-0.25, -0.2) is 8.78 Å². The van der Waals surface area contributed by atoms with Gasteiger partial charge in [-0.05, 0) is 37.6 Å². The van der Waals surface area contributed by atoms with Crippen LogP contribution in [0.25, 0.3) is 0 Å². The lowest BCUT2D eigenvalue weighted by Crippen LogP contribution is -2.48. The molecule has 1 aromatic rings. The molecule has 104 valence electrons. The summed E-state index contributed by atoms with van der Waals surface area (Å²) < 4.78 is 26.7. The molecule has 3 nitrogen and oxygen atoms in total. The number of halogens is 2. The van der Waals surface area contributed by atoms with Gasteiger partial charge in [-0.15, -0.1) is 0 Å². The van der Waals surface area contributed by atoms with Crippen LogP contribution < -0.4 is 5.32 Å². The van der Waals surface area contributed by atoms with Crippen LogP contribution in [-0.4, -0.2) is 36.5 Å². The maximum atomic E-state index is 13.6. The summed E-state index contributed by atoms with van der Waals surface area (Å²) in [4.78, 5) is 13.8. The average Bonchev–Trinajstić information content (AvgIpc) is 2.41. The van der Waals surface area contributed by atoms with E-state index in [9.17, 15) is 13.6 Å². The van der Waals surface area contributed by atoms with Gasteiger partial charge in [0.05, 0.1) is 5.56 Å². The summed E-state index contributed by atoms with van der Waals surface area (Å²) in [6, 6.07) is 3.21. The highest BCUT2D eigenvalue weighted by Crippen LogP contribution is 2.17. The second kappa shape index (κ2) is 6.10. The fourth-order valence-electron chi connectivity index (χ4n) is 2.45. The van der Waals surface area contributed by atoms with Crippen LogP contribution in [0.5, 0.6) is 0 Å². The number of piperidine rings is 1. The van der Waals surface area contributed by atoms with E-state index >= 15 is 0 Å². The molecule has 2 rings (SSSR count). The van der Waals surface area contributed by atoms with E-state index in [4.69, 9.17) is 0 Å². The van der Waals surface area contributed by atoms with Crippen LogP contribution in [0.4, 0.5) is 8.78 Å². The first-order chi connectivity index (χ1) is 9.11. The fourth-order valence-corrected chi connectivity index (χ4v) is 2.45. The van der Waals surface area contributed by atoms with Crippen molar-refractivity contribution in [2.45, 2.75) is 25.8 Å². The van der Waals surface area contributed by atoms with Crippen LogP contribution in [0.2, 0.25) is 0 Å². The largest absolute Gasteiger partial charge is 0.337 e. The Morgan fingerprint density at radius 1 is 1.47 bits per heavy atom. The quantitative estimate of drug-likeness (QED) is 0.911. The molecule has 0 aromatic heterocycles. The number of rotatable bonds is 3. The molecule has 5 heteroatoms. The highest BCUT2D eigenvalue weighted by molar-refractivity contribution is 5.94. The first kappa shape index (κ1) is 13.9. The Kier molecular flexibility index (Phi) is 4.47. The number of hydrogen-bond acceptors (Lipinski definition) is 2. The smallest absolute Gasteiger partial charge is 0.256 e. The maximum Gasteiger partial charge on any atom is 0.256 e. The standard InChI is InChI=1S/C14H18F2N2O/c1-2-17-11-4-3-7-18(9-11)14(19)12-8-10(15)5-6-13(12)16/h5-6,8,11,17H,2-4,7,9H2,1H3. The SMILES string of the molecule is CCNC1CCCN(C(=O)c2cc(F)ccc2F)C1. The Morgan fingerprint density at radius 3 is 3.00 bits per heavy atom. The van der Waals surface area contributed by atoms with Crippen molar-refractivity contribution in [1.82, 2.24) is 10.2 Å². The molecule has 1 aromatic carbocycles. The molecule has 1 amide bonds. The van der Waals surface area contributed by atoms with Crippen LogP contribution >= 0.6 is 0 Å². The molecular weight excluding hydrogens is 250 g/mol. The van der Waals surface area contributed by atoms with Crippen molar-refractivity contribution in [2.75, 3.05) is 19.6 Å². The molecule has 1 unspecified atom stereocenters. The van der Waals surface area contributed by atoms with Gasteiger partial charge in [-0.3, -0.25) is 4.79 Å². The molecule has 1 N–H and O–H groups in total. The van der Waals surface area contributed by atoms with Gasteiger partial charge >= 0.3 is 0 Å². The minimum Gasteiger partial charge on any atom is -0.337 e. The summed E-state index contributed by atoms with van der Waals surface area (Å²) in [6.07, 6.45) is 1.88. The van der Waals surface area contributed by atoms with Crippen molar-refractivity contribution in [3.8, 4) is 0 Å². The molecule has 0 spiro atoms. The summed E-state index contributed by atoms with van der Waals surface area (Å²) in [6.45, 7) is 3.98. The Hall–Kier alpha value is -1.49. The number of amides is 1. The van der Waals surface area contributed by atoms with E-state index < -0.39 is 17.5 Å². The number of carbonyl (C=O) groups is 1. The van der Waals surface area contributed by atoms with Crippen molar-refractivity contribution in [3.63, 3.8) is 0 Å². The van der Waals surface area contributed by atoms with E-state index in [0.717, 1.165) is 37.6 Å². The highest BCUT2D eigenvalue weighted by atomic mass is 19.1. The zero-order valence-corrected chi connectivity index (χ0v) is 11.0. The third-order valence-electron chi connectivity index (χ3n) is 3.36. The molecule has 19 heavy (non-hydrogen) atoms. The average molecular weight is 268 g/mol. The number of hydrogen-bond donors (Lipinski definition) is 1. The van der Waals surface area contributed by atoms with Gasteiger partial charge < -0.3 is 10.2 Å². The predicted molar refractivity (Wildman–Crippen MR) is 69.0 cm³/mol. The number of nitrogens with zero attached hydrogens (tertiary/aromatic N) is 1. The number of carbonyl (C=O) groups excluding carboxylic acids is 1.